The third-order valence-corrected chi connectivity index (χ3v) is 2.50. The smallest absolute Gasteiger partial charge is 0.130 e. The molecule has 1 N–H and O–H groups in total. The zero-order valence-corrected chi connectivity index (χ0v) is 9.95. The molecule has 18 heavy (non-hydrogen) atoms. The van der Waals surface area contributed by atoms with Crippen molar-refractivity contribution in [2.45, 2.75) is 20.0 Å². The summed E-state index contributed by atoms with van der Waals surface area (Å²) in [7, 11) is 0. The van der Waals surface area contributed by atoms with E-state index in [1.165, 1.54) is 18.2 Å². The molecule has 0 saturated heterocycles. The lowest BCUT2D eigenvalue weighted by molar-refractivity contribution is 0.534. The van der Waals surface area contributed by atoms with Crippen molar-refractivity contribution < 1.29 is 8.78 Å². The lowest BCUT2D eigenvalue weighted by Gasteiger charge is -2.06. The van der Waals surface area contributed by atoms with Crippen molar-refractivity contribution in [3.05, 3.63) is 59.2 Å². The fourth-order valence-corrected chi connectivity index (χ4v) is 1.53. The van der Waals surface area contributed by atoms with Gasteiger partial charge in [-0.15, -0.1) is 0 Å². The van der Waals surface area contributed by atoms with Crippen LogP contribution in [0.2, 0.25) is 0 Å². The number of hydrogen-bond donors (Lipinski definition) is 1. The molecule has 1 aromatic heterocycles. The highest BCUT2D eigenvalue weighted by Crippen LogP contribution is 2.11. The molecule has 0 unspecified atom stereocenters. The molecule has 2 rings (SSSR count). The van der Waals surface area contributed by atoms with Crippen LogP contribution in [0.5, 0.6) is 0 Å². The molecule has 0 aliphatic heterocycles. The van der Waals surface area contributed by atoms with E-state index in [1.807, 2.05) is 6.92 Å². The van der Waals surface area contributed by atoms with Gasteiger partial charge in [0.05, 0.1) is 11.4 Å². The first-order chi connectivity index (χ1) is 8.66. The van der Waals surface area contributed by atoms with Gasteiger partial charge in [-0.25, -0.2) is 8.78 Å². The van der Waals surface area contributed by atoms with Crippen LogP contribution >= 0.6 is 0 Å². The molecule has 5 heteroatoms. The minimum Gasteiger partial charge on any atom is -0.307 e. The van der Waals surface area contributed by atoms with E-state index >= 15 is 0 Å². The molecule has 2 aromatic rings. The summed E-state index contributed by atoms with van der Waals surface area (Å²) in [5.41, 5.74) is 1.61. The Labute approximate surface area is 104 Å². The van der Waals surface area contributed by atoms with Gasteiger partial charge in [-0.3, -0.25) is 9.97 Å². The Bertz CT molecular complexity index is 506. The molecular weight excluding hydrogens is 236 g/mol. The largest absolute Gasteiger partial charge is 0.307 e. The minimum absolute atomic E-state index is 0.0394. The van der Waals surface area contributed by atoms with Crippen LogP contribution in [0.15, 0.2) is 30.6 Å². The maximum Gasteiger partial charge on any atom is 0.130 e. The van der Waals surface area contributed by atoms with Gasteiger partial charge in [0.25, 0.3) is 0 Å². The fraction of sp³-hybridized carbons (Fsp3) is 0.231. The van der Waals surface area contributed by atoms with Gasteiger partial charge in [0, 0.05) is 31.0 Å². The normalized spacial score (nSPS) is 10.6. The van der Waals surface area contributed by atoms with Crippen LogP contribution in [0.3, 0.4) is 0 Å². The second-order valence-corrected chi connectivity index (χ2v) is 3.95. The fourth-order valence-electron chi connectivity index (χ4n) is 1.53. The van der Waals surface area contributed by atoms with Crippen molar-refractivity contribution >= 4 is 0 Å². The highest BCUT2D eigenvalue weighted by atomic mass is 19.1. The number of rotatable bonds is 4. The van der Waals surface area contributed by atoms with Crippen molar-refractivity contribution in [1.82, 2.24) is 15.3 Å². The standard InChI is InChI=1S/C13H13F2N3/c1-9-5-18-10(7-17-9)6-16-8-11-12(14)3-2-4-13(11)15/h2-5,7,16H,6,8H2,1H3. The number of nitrogens with zero attached hydrogens (tertiary/aromatic N) is 2. The molecule has 0 atom stereocenters. The molecule has 1 heterocycles. The summed E-state index contributed by atoms with van der Waals surface area (Å²) in [6.07, 6.45) is 3.29. The molecule has 0 fully saturated rings. The molecule has 0 radical (unpaired) electrons. The first-order valence-electron chi connectivity index (χ1n) is 5.58. The van der Waals surface area contributed by atoms with Gasteiger partial charge in [0.1, 0.15) is 11.6 Å². The van der Waals surface area contributed by atoms with Crippen molar-refractivity contribution in [3.63, 3.8) is 0 Å². The Kier molecular flexibility index (Phi) is 3.94. The summed E-state index contributed by atoms with van der Waals surface area (Å²) in [6, 6.07) is 3.83. The van der Waals surface area contributed by atoms with Crippen molar-refractivity contribution in [2.75, 3.05) is 0 Å². The van der Waals surface area contributed by atoms with Gasteiger partial charge < -0.3 is 5.32 Å². The maximum absolute atomic E-state index is 13.3. The summed E-state index contributed by atoms with van der Waals surface area (Å²) in [4.78, 5) is 8.23. The second-order valence-electron chi connectivity index (χ2n) is 3.95. The zero-order valence-electron chi connectivity index (χ0n) is 9.95. The number of nitrogens with one attached hydrogen (secondary N) is 1. The first-order valence-corrected chi connectivity index (χ1v) is 5.58. The Morgan fingerprint density at radius 1 is 1.06 bits per heavy atom. The molecule has 3 nitrogen and oxygen atoms in total. The van der Waals surface area contributed by atoms with E-state index in [0.29, 0.717) is 6.54 Å². The summed E-state index contributed by atoms with van der Waals surface area (Å²) < 4.78 is 26.6. The summed E-state index contributed by atoms with van der Waals surface area (Å²) in [5.74, 6) is -1.09. The zero-order chi connectivity index (χ0) is 13.0. The number of benzene rings is 1. The lowest BCUT2D eigenvalue weighted by Crippen LogP contribution is -2.16. The monoisotopic (exact) mass is 249 g/mol. The van der Waals surface area contributed by atoms with Crippen LogP contribution in [0.25, 0.3) is 0 Å². The highest BCUT2D eigenvalue weighted by molar-refractivity contribution is 5.19. The average Bonchev–Trinajstić information content (AvgIpc) is 2.35. The van der Waals surface area contributed by atoms with Crippen molar-refractivity contribution in [3.8, 4) is 0 Å². The van der Waals surface area contributed by atoms with Gasteiger partial charge in [0.15, 0.2) is 0 Å². The van der Waals surface area contributed by atoms with Crippen LogP contribution in [0.4, 0.5) is 8.78 Å². The van der Waals surface area contributed by atoms with Crippen LogP contribution < -0.4 is 5.32 Å². The van der Waals surface area contributed by atoms with Gasteiger partial charge in [-0.05, 0) is 19.1 Å². The Morgan fingerprint density at radius 2 is 1.78 bits per heavy atom. The molecule has 0 aliphatic carbocycles. The number of aryl methyl sites for hydroxylation is 1. The molecule has 0 aliphatic rings. The minimum atomic E-state index is -0.544. The Morgan fingerprint density at radius 3 is 2.39 bits per heavy atom. The van der Waals surface area contributed by atoms with E-state index in [9.17, 15) is 8.78 Å². The summed E-state index contributed by atoms with van der Waals surface area (Å²) >= 11 is 0. The third kappa shape index (κ3) is 3.07. The molecule has 94 valence electrons. The van der Waals surface area contributed by atoms with Gasteiger partial charge >= 0.3 is 0 Å². The third-order valence-electron chi connectivity index (χ3n) is 2.50. The lowest BCUT2D eigenvalue weighted by atomic mass is 10.2. The predicted octanol–water partition coefficient (Wildman–Crippen LogP) is 2.35. The Hall–Kier alpha value is -1.88. The Balaban J connectivity index is 1.94. The molecule has 0 saturated carbocycles. The predicted molar refractivity (Wildman–Crippen MR) is 63.7 cm³/mol. The SMILES string of the molecule is Cc1cnc(CNCc2c(F)cccc2F)cn1. The van der Waals surface area contributed by atoms with Crippen molar-refractivity contribution in [2.24, 2.45) is 0 Å². The van der Waals surface area contributed by atoms with E-state index in [-0.39, 0.29) is 12.1 Å². The maximum atomic E-state index is 13.3. The number of halogens is 2. The number of aromatic nitrogens is 2. The molecule has 0 spiro atoms. The van der Waals surface area contributed by atoms with E-state index in [0.717, 1.165) is 11.4 Å². The van der Waals surface area contributed by atoms with Gasteiger partial charge in [0.2, 0.25) is 0 Å². The van der Waals surface area contributed by atoms with E-state index in [4.69, 9.17) is 0 Å². The molecular formula is C13H13F2N3. The first kappa shape index (κ1) is 12.6. The van der Waals surface area contributed by atoms with Crippen LogP contribution in [-0.4, -0.2) is 9.97 Å². The van der Waals surface area contributed by atoms with E-state index in [2.05, 4.69) is 15.3 Å². The number of hydrogen-bond acceptors (Lipinski definition) is 3. The quantitative estimate of drug-likeness (QED) is 0.903. The highest BCUT2D eigenvalue weighted by Gasteiger charge is 2.07. The van der Waals surface area contributed by atoms with E-state index < -0.39 is 11.6 Å². The van der Waals surface area contributed by atoms with Crippen LogP contribution in [0.1, 0.15) is 17.0 Å². The topological polar surface area (TPSA) is 37.8 Å². The second kappa shape index (κ2) is 5.64. The van der Waals surface area contributed by atoms with Gasteiger partial charge in [-0.1, -0.05) is 6.07 Å². The average molecular weight is 249 g/mol. The van der Waals surface area contributed by atoms with E-state index in [1.54, 1.807) is 12.4 Å². The summed E-state index contributed by atoms with van der Waals surface area (Å²) in [5, 5.41) is 2.94. The van der Waals surface area contributed by atoms with Gasteiger partial charge in [-0.2, -0.15) is 0 Å². The molecule has 1 aromatic carbocycles. The van der Waals surface area contributed by atoms with Crippen LogP contribution in [-0.2, 0) is 13.1 Å². The van der Waals surface area contributed by atoms with Crippen LogP contribution in [0, 0.1) is 18.6 Å². The molecule has 0 amide bonds. The van der Waals surface area contributed by atoms with Crippen molar-refractivity contribution in [1.29, 1.82) is 0 Å². The molecule has 0 bridgehead atoms. The summed E-state index contributed by atoms with van der Waals surface area (Å²) in [6.45, 7) is 2.38.